The molecule has 3 rings (SSSR count). The largest absolute Gasteiger partial charge is 0.378 e. The summed E-state index contributed by atoms with van der Waals surface area (Å²) >= 11 is 0. The van der Waals surface area contributed by atoms with Crippen LogP contribution in [0, 0.1) is 16.0 Å². The Morgan fingerprint density at radius 1 is 1.17 bits per heavy atom. The molecule has 0 aliphatic carbocycles. The predicted octanol–water partition coefficient (Wildman–Crippen LogP) is 0.955. The fourth-order valence-electron chi connectivity index (χ4n) is 3.37. The van der Waals surface area contributed by atoms with Crippen molar-refractivity contribution < 1.29 is 4.92 Å². The van der Waals surface area contributed by atoms with Gasteiger partial charge in [0.2, 0.25) is 17.6 Å². The van der Waals surface area contributed by atoms with Crippen molar-refractivity contribution in [3.63, 3.8) is 0 Å². The SMILES string of the molecule is CC1CCCN(c2nc(N3CCN(C)CC3)nc(N)c2[N+](=O)[O-])C1. The molecule has 2 fully saturated rings. The van der Waals surface area contributed by atoms with Crippen molar-refractivity contribution in [3.8, 4) is 0 Å². The average molecular weight is 335 g/mol. The molecule has 24 heavy (non-hydrogen) atoms. The Morgan fingerprint density at radius 2 is 1.88 bits per heavy atom. The Bertz CT molecular complexity index is 616. The van der Waals surface area contributed by atoms with Crippen molar-refractivity contribution in [2.75, 3.05) is 61.8 Å². The van der Waals surface area contributed by atoms with E-state index >= 15 is 0 Å². The number of hydrogen-bond acceptors (Lipinski definition) is 8. The highest BCUT2D eigenvalue weighted by molar-refractivity contribution is 5.71. The van der Waals surface area contributed by atoms with Crippen LogP contribution in [0.15, 0.2) is 0 Å². The molecule has 132 valence electrons. The van der Waals surface area contributed by atoms with Crippen LogP contribution < -0.4 is 15.5 Å². The molecule has 2 N–H and O–H groups in total. The average Bonchev–Trinajstić information content (AvgIpc) is 2.54. The molecule has 1 atom stereocenters. The fraction of sp³-hybridized carbons (Fsp3) is 0.733. The van der Waals surface area contributed by atoms with E-state index in [1.807, 2.05) is 4.90 Å². The minimum absolute atomic E-state index is 0.0443. The second-order valence-electron chi connectivity index (χ2n) is 6.82. The molecule has 0 saturated carbocycles. The lowest BCUT2D eigenvalue weighted by molar-refractivity contribution is -0.383. The number of nitrogen functional groups attached to an aromatic ring is 1. The topological polar surface area (TPSA) is 105 Å². The van der Waals surface area contributed by atoms with Gasteiger partial charge in [-0.05, 0) is 25.8 Å². The zero-order chi connectivity index (χ0) is 17.3. The van der Waals surface area contributed by atoms with Gasteiger partial charge in [0.05, 0.1) is 4.92 Å². The van der Waals surface area contributed by atoms with Crippen LogP contribution in [0.3, 0.4) is 0 Å². The Hall–Kier alpha value is -2.16. The highest BCUT2D eigenvalue weighted by Gasteiger charge is 2.31. The Kier molecular flexibility index (Phi) is 4.70. The molecule has 2 aliphatic rings. The zero-order valence-corrected chi connectivity index (χ0v) is 14.3. The van der Waals surface area contributed by atoms with Crippen LogP contribution in [0.2, 0.25) is 0 Å². The van der Waals surface area contributed by atoms with E-state index in [1.165, 1.54) is 0 Å². The lowest BCUT2D eigenvalue weighted by Gasteiger charge is -2.34. The fourth-order valence-corrected chi connectivity index (χ4v) is 3.37. The van der Waals surface area contributed by atoms with Gasteiger partial charge in [-0.25, -0.2) is 0 Å². The molecule has 1 aromatic heterocycles. The number of nitrogens with zero attached hydrogens (tertiary/aromatic N) is 6. The van der Waals surface area contributed by atoms with Crippen molar-refractivity contribution in [1.82, 2.24) is 14.9 Å². The van der Waals surface area contributed by atoms with Crippen molar-refractivity contribution in [1.29, 1.82) is 0 Å². The van der Waals surface area contributed by atoms with E-state index in [-0.39, 0.29) is 11.5 Å². The number of anilines is 3. The molecule has 9 heteroatoms. The summed E-state index contributed by atoms with van der Waals surface area (Å²) in [5, 5.41) is 11.5. The normalized spacial score (nSPS) is 22.7. The minimum Gasteiger partial charge on any atom is -0.378 e. The molecule has 0 aromatic carbocycles. The summed E-state index contributed by atoms with van der Waals surface area (Å²) in [6, 6.07) is 0. The van der Waals surface area contributed by atoms with Crippen LogP contribution in [0.4, 0.5) is 23.3 Å². The van der Waals surface area contributed by atoms with Crippen LogP contribution in [0.25, 0.3) is 0 Å². The van der Waals surface area contributed by atoms with Crippen LogP contribution >= 0.6 is 0 Å². The number of likely N-dealkylation sites (N-methyl/N-ethyl adjacent to an activating group) is 1. The first-order valence-electron chi connectivity index (χ1n) is 8.46. The molecule has 2 aliphatic heterocycles. The van der Waals surface area contributed by atoms with Gasteiger partial charge in [-0.2, -0.15) is 9.97 Å². The van der Waals surface area contributed by atoms with E-state index in [2.05, 4.69) is 33.7 Å². The molecular formula is C15H25N7O2. The summed E-state index contributed by atoms with van der Waals surface area (Å²) in [6.07, 6.45) is 2.14. The molecule has 2 saturated heterocycles. The van der Waals surface area contributed by atoms with Gasteiger partial charge >= 0.3 is 5.69 Å². The monoisotopic (exact) mass is 335 g/mol. The number of piperidine rings is 1. The van der Waals surface area contributed by atoms with Crippen molar-refractivity contribution >= 4 is 23.3 Å². The summed E-state index contributed by atoms with van der Waals surface area (Å²) in [7, 11) is 2.07. The maximum absolute atomic E-state index is 11.5. The van der Waals surface area contributed by atoms with Crippen LogP contribution in [0.1, 0.15) is 19.8 Å². The molecule has 0 radical (unpaired) electrons. The first-order valence-corrected chi connectivity index (χ1v) is 8.46. The Morgan fingerprint density at radius 3 is 2.50 bits per heavy atom. The minimum atomic E-state index is -0.461. The first kappa shape index (κ1) is 16.7. The molecule has 0 amide bonds. The van der Waals surface area contributed by atoms with Gasteiger partial charge in [-0.15, -0.1) is 0 Å². The lowest BCUT2D eigenvalue weighted by Crippen LogP contribution is -2.45. The number of nitro groups is 1. The highest BCUT2D eigenvalue weighted by Crippen LogP contribution is 2.35. The lowest BCUT2D eigenvalue weighted by atomic mass is 10.0. The van der Waals surface area contributed by atoms with E-state index in [9.17, 15) is 10.1 Å². The van der Waals surface area contributed by atoms with Crippen molar-refractivity contribution in [2.24, 2.45) is 5.92 Å². The third-order valence-electron chi connectivity index (χ3n) is 4.81. The van der Waals surface area contributed by atoms with Gasteiger partial charge in [0.15, 0.2) is 0 Å². The van der Waals surface area contributed by atoms with Gasteiger partial charge in [0, 0.05) is 39.3 Å². The Balaban J connectivity index is 1.96. The maximum atomic E-state index is 11.5. The second-order valence-corrected chi connectivity index (χ2v) is 6.82. The number of nitrogens with two attached hydrogens (primary N) is 1. The summed E-state index contributed by atoms with van der Waals surface area (Å²) in [5.41, 5.74) is 5.78. The van der Waals surface area contributed by atoms with Crippen molar-refractivity contribution in [2.45, 2.75) is 19.8 Å². The number of piperazine rings is 1. The summed E-state index contributed by atoms with van der Waals surface area (Å²) in [4.78, 5) is 26.1. The standard InChI is InChI=1S/C15H25N7O2/c1-11-4-3-5-21(10-11)14-12(22(23)24)13(16)17-15(18-14)20-8-6-19(2)7-9-20/h11H,3-10H2,1-2H3,(H2,16,17,18). The van der Waals surface area contributed by atoms with Gasteiger partial charge in [0.25, 0.3) is 0 Å². The third-order valence-corrected chi connectivity index (χ3v) is 4.81. The molecule has 1 aromatic rings. The highest BCUT2D eigenvalue weighted by atomic mass is 16.6. The maximum Gasteiger partial charge on any atom is 0.353 e. The summed E-state index contributed by atoms with van der Waals surface area (Å²) in [6.45, 7) is 7.10. The van der Waals surface area contributed by atoms with Crippen molar-refractivity contribution in [3.05, 3.63) is 10.1 Å². The summed E-state index contributed by atoms with van der Waals surface area (Å²) < 4.78 is 0. The van der Waals surface area contributed by atoms with E-state index in [1.54, 1.807) is 0 Å². The van der Waals surface area contributed by atoms with Crippen LogP contribution in [-0.4, -0.2) is 66.1 Å². The predicted molar refractivity (Wildman–Crippen MR) is 93.4 cm³/mol. The number of hydrogen-bond donors (Lipinski definition) is 1. The molecule has 0 bridgehead atoms. The van der Waals surface area contributed by atoms with Gasteiger partial charge in [-0.1, -0.05) is 6.92 Å². The first-order chi connectivity index (χ1) is 11.5. The smallest absolute Gasteiger partial charge is 0.353 e. The molecule has 1 unspecified atom stereocenters. The van der Waals surface area contributed by atoms with E-state index in [0.29, 0.717) is 17.7 Å². The Labute approximate surface area is 141 Å². The zero-order valence-electron chi connectivity index (χ0n) is 14.3. The van der Waals surface area contributed by atoms with Crippen LogP contribution in [0.5, 0.6) is 0 Å². The third kappa shape index (κ3) is 3.35. The van der Waals surface area contributed by atoms with Gasteiger partial charge < -0.3 is 20.4 Å². The molecule has 3 heterocycles. The van der Waals surface area contributed by atoms with Crippen LogP contribution in [-0.2, 0) is 0 Å². The van der Waals surface area contributed by atoms with E-state index in [4.69, 9.17) is 5.73 Å². The molecular weight excluding hydrogens is 310 g/mol. The van der Waals surface area contributed by atoms with E-state index in [0.717, 1.165) is 52.1 Å². The summed E-state index contributed by atoms with van der Waals surface area (Å²) in [5.74, 6) is 1.31. The molecule has 0 spiro atoms. The molecule has 9 nitrogen and oxygen atoms in total. The second kappa shape index (κ2) is 6.76. The van der Waals surface area contributed by atoms with Gasteiger partial charge in [-0.3, -0.25) is 10.1 Å². The number of rotatable bonds is 3. The number of aromatic nitrogens is 2. The van der Waals surface area contributed by atoms with Gasteiger partial charge in [0.1, 0.15) is 0 Å². The quantitative estimate of drug-likeness (QED) is 0.643. The van der Waals surface area contributed by atoms with E-state index < -0.39 is 4.92 Å².